The lowest BCUT2D eigenvalue weighted by atomic mass is 10.0. The molecule has 122 valence electrons. The minimum absolute atomic E-state index is 0.0277. The molecule has 1 atom stereocenters. The van der Waals surface area contributed by atoms with E-state index in [2.05, 4.69) is 15.6 Å². The van der Waals surface area contributed by atoms with E-state index in [-0.39, 0.29) is 11.6 Å². The molecule has 1 amide bonds. The second-order valence-electron chi connectivity index (χ2n) is 5.49. The highest BCUT2D eigenvalue weighted by molar-refractivity contribution is 6.32. The van der Waals surface area contributed by atoms with E-state index in [1.807, 2.05) is 13.8 Å². The third kappa shape index (κ3) is 4.29. The van der Waals surface area contributed by atoms with Crippen molar-refractivity contribution in [3.05, 3.63) is 41.2 Å². The fourth-order valence-electron chi connectivity index (χ4n) is 2.05. The van der Waals surface area contributed by atoms with Gasteiger partial charge in [0.15, 0.2) is 5.69 Å². The van der Waals surface area contributed by atoms with E-state index in [0.29, 0.717) is 17.1 Å². The van der Waals surface area contributed by atoms with Crippen LogP contribution in [0.4, 0.5) is 0 Å². The van der Waals surface area contributed by atoms with Gasteiger partial charge < -0.3 is 10.4 Å². The summed E-state index contributed by atoms with van der Waals surface area (Å²) in [6, 6.07) is 6.03. The van der Waals surface area contributed by atoms with Gasteiger partial charge in [-0.1, -0.05) is 42.8 Å². The summed E-state index contributed by atoms with van der Waals surface area (Å²) in [5.74, 6) is -1.53. The molecule has 8 heteroatoms. The van der Waals surface area contributed by atoms with E-state index in [4.69, 9.17) is 16.7 Å². The van der Waals surface area contributed by atoms with Crippen LogP contribution in [0.2, 0.25) is 5.02 Å². The average molecular weight is 337 g/mol. The quantitative estimate of drug-likeness (QED) is 0.842. The van der Waals surface area contributed by atoms with Gasteiger partial charge in [0.2, 0.25) is 0 Å². The van der Waals surface area contributed by atoms with Crippen LogP contribution in [-0.2, 0) is 4.79 Å². The molecule has 2 aromatic rings. The maximum absolute atomic E-state index is 12.1. The highest BCUT2D eigenvalue weighted by atomic mass is 35.5. The molecule has 0 fully saturated rings. The summed E-state index contributed by atoms with van der Waals surface area (Å²) in [6.45, 7) is 3.77. The van der Waals surface area contributed by atoms with Gasteiger partial charge in [-0.05, 0) is 24.5 Å². The van der Waals surface area contributed by atoms with Crippen LogP contribution in [0.25, 0.3) is 5.69 Å². The molecule has 0 spiro atoms. The molecule has 2 rings (SSSR count). The number of amides is 1. The summed E-state index contributed by atoms with van der Waals surface area (Å²) in [4.78, 5) is 23.3. The molecular weight excluding hydrogens is 320 g/mol. The summed E-state index contributed by atoms with van der Waals surface area (Å²) in [7, 11) is 0. The Morgan fingerprint density at radius 3 is 2.65 bits per heavy atom. The number of halogens is 1. The maximum atomic E-state index is 12.1. The Morgan fingerprint density at radius 2 is 2.04 bits per heavy atom. The van der Waals surface area contributed by atoms with Gasteiger partial charge in [0, 0.05) is 0 Å². The Balaban J connectivity index is 2.15. The lowest BCUT2D eigenvalue weighted by Crippen LogP contribution is -2.41. The maximum Gasteiger partial charge on any atom is 0.326 e. The van der Waals surface area contributed by atoms with Crippen molar-refractivity contribution >= 4 is 23.5 Å². The first kappa shape index (κ1) is 17.0. The molecule has 0 unspecified atom stereocenters. The minimum Gasteiger partial charge on any atom is -0.480 e. The standard InChI is InChI=1S/C15H17ClN4O3/c1-9(2)7-11(15(22)23)17-14(21)12-8-20(19-18-12)13-6-4-3-5-10(13)16/h3-6,8-9,11H,7H2,1-2H3,(H,17,21)(H,22,23)/t11-/m1/s1. The predicted octanol–water partition coefficient (Wildman–Crippen LogP) is 2.15. The summed E-state index contributed by atoms with van der Waals surface area (Å²) in [5.41, 5.74) is 0.609. The molecule has 0 saturated heterocycles. The Hall–Kier alpha value is -2.41. The number of carbonyl (C=O) groups excluding carboxylic acids is 1. The van der Waals surface area contributed by atoms with Crippen LogP contribution in [0.1, 0.15) is 30.8 Å². The number of nitrogens with zero attached hydrogens (tertiary/aromatic N) is 3. The smallest absolute Gasteiger partial charge is 0.326 e. The zero-order valence-corrected chi connectivity index (χ0v) is 13.5. The highest BCUT2D eigenvalue weighted by Crippen LogP contribution is 2.18. The van der Waals surface area contributed by atoms with Crippen molar-refractivity contribution < 1.29 is 14.7 Å². The molecule has 23 heavy (non-hydrogen) atoms. The van der Waals surface area contributed by atoms with Crippen molar-refractivity contribution in [1.82, 2.24) is 20.3 Å². The number of nitrogens with one attached hydrogen (secondary N) is 1. The first-order valence-electron chi connectivity index (χ1n) is 7.09. The molecule has 0 radical (unpaired) electrons. The first-order valence-corrected chi connectivity index (χ1v) is 7.47. The zero-order valence-electron chi connectivity index (χ0n) is 12.7. The number of carboxylic acids is 1. The van der Waals surface area contributed by atoms with Crippen LogP contribution in [0.15, 0.2) is 30.5 Å². The molecule has 0 aliphatic carbocycles. The lowest BCUT2D eigenvalue weighted by molar-refractivity contribution is -0.139. The van der Waals surface area contributed by atoms with Crippen molar-refractivity contribution in [1.29, 1.82) is 0 Å². The van der Waals surface area contributed by atoms with Crippen molar-refractivity contribution in [3.8, 4) is 5.69 Å². The normalized spacial score (nSPS) is 12.2. The molecule has 1 aromatic carbocycles. The van der Waals surface area contributed by atoms with Crippen molar-refractivity contribution in [2.24, 2.45) is 5.92 Å². The summed E-state index contributed by atoms with van der Waals surface area (Å²) >= 11 is 6.06. The van der Waals surface area contributed by atoms with Crippen LogP contribution in [-0.4, -0.2) is 38.0 Å². The van der Waals surface area contributed by atoms with Gasteiger partial charge in [0.05, 0.1) is 16.9 Å². The van der Waals surface area contributed by atoms with Crippen LogP contribution < -0.4 is 5.32 Å². The van der Waals surface area contributed by atoms with Gasteiger partial charge in [-0.25, -0.2) is 9.48 Å². The third-order valence-electron chi connectivity index (χ3n) is 3.14. The van der Waals surface area contributed by atoms with Crippen LogP contribution >= 0.6 is 11.6 Å². The third-order valence-corrected chi connectivity index (χ3v) is 3.46. The van der Waals surface area contributed by atoms with E-state index < -0.39 is 17.9 Å². The van der Waals surface area contributed by atoms with Gasteiger partial charge in [-0.15, -0.1) is 5.10 Å². The summed E-state index contributed by atoms with van der Waals surface area (Å²) in [6.07, 6.45) is 1.74. The van der Waals surface area contributed by atoms with Crippen LogP contribution in [0.3, 0.4) is 0 Å². The molecule has 0 saturated carbocycles. The number of para-hydroxylation sites is 1. The molecule has 0 bridgehead atoms. The average Bonchev–Trinajstić information content (AvgIpc) is 2.96. The number of aliphatic carboxylic acids is 1. The number of hydrogen-bond donors (Lipinski definition) is 2. The van der Waals surface area contributed by atoms with Gasteiger partial charge in [-0.3, -0.25) is 4.79 Å². The molecule has 0 aliphatic rings. The zero-order chi connectivity index (χ0) is 17.0. The van der Waals surface area contributed by atoms with Gasteiger partial charge in [0.25, 0.3) is 5.91 Å². The molecular formula is C15H17ClN4O3. The predicted molar refractivity (Wildman–Crippen MR) is 84.7 cm³/mol. The van der Waals surface area contributed by atoms with Crippen molar-refractivity contribution in [2.45, 2.75) is 26.3 Å². The number of carbonyl (C=O) groups is 2. The topological polar surface area (TPSA) is 97.1 Å². The van der Waals surface area contributed by atoms with Crippen LogP contribution in [0.5, 0.6) is 0 Å². The largest absolute Gasteiger partial charge is 0.480 e. The number of rotatable bonds is 6. The second-order valence-corrected chi connectivity index (χ2v) is 5.90. The lowest BCUT2D eigenvalue weighted by Gasteiger charge is -2.15. The second kappa shape index (κ2) is 7.23. The Labute approximate surface area is 138 Å². The molecule has 1 aromatic heterocycles. The fourth-order valence-corrected chi connectivity index (χ4v) is 2.27. The van der Waals surface area contributed by atoms with Crippen molar-refractivity contribution in [3.63, 3.8) is 0 Å². The fraction of sp³-hybridized carbons (Fsp3) is 0.333. The number of carboxylic acid groups (broad SMARTS) is 1. The van der Waals surface area contributed by atoms with E-state index in [9.17, 15) is 9.59 Å². The molecule has 7 nitrogen and oxygen atoms in total. The van der Waals surface area contributed by atoms with E-state index in [1.165, 1.54) is 10.9 Å². The highest BCUT2D eigenvalue weighted by Gasteiger charge is 2.23. The monoisotopic (exact) mass is 336 g/mol. The molecule has 1 heterocycles. The molecule has 0 aliphatic heterocycles. The Kier molecular flexibility index (Phi) is 5.33. The Bertz CT molecular complexity index is 714. The number of hydrogen-bond acceptors (Lipinski definition) is 4. The number of aromatic nitrogens is 3. The molecule has 2 N–H and O–H groups in total. The van der Waals surface area contributed by atoms with Gasteiger partial charge in [0.1, 0.15) is 6.04 Å². The van der Waals surface area contributed by atoms with E-state index in [0.717, 1.165) is 0 Å². The van der Waals surface area contributed by atoms with Gasteiger partial charge >= 0.3 is 5.97 Å². The summed E-state index contributed by atoms with van der Waals surface area (Å²) < 4.78 is 1.37. The SMILES string of the molecule is CC(C)C[C@@H](NC(=O)c1cn(-c2ccccc2Cl)nn1)C(=O)O. The van der Waals surface area contributed by atoms with Crippen LogP contribution in [0, 0.1) is 5.92 Å². The Morgan fingerprint density at radius 1 is 1.35 bits per heavy atom. The summed E-state index contributed by atoms with van der Waals surface area (Å²) in [5, 5.41) is 19.7. The van der Waals surface area contributed by atoms with E-state index >= 15 is 0 Å². The van der Waals surface area contributed by atoms with Gasteiger partial charge in [-0.2, -0.15) is 0 Å². The minimum atomic E-state index is -1.08. The number of benzene rings is 1. The van der Waals surface area contributed by atoms with Crippen molar-refractivity contribution in [2.75, 3.05) is 0 Å². The van der Waals surface area contributed by atoms with E-state index in [1.54, 1.807) is 24.3 Å². The first-order chi connectivity index (χ1) is 10.9.